The van der Waals surface area contributed by atoms with Crippen molar-refractivity contribution in [2.75, 3.05) is 11.9 Å². The second-order valence-corrected chi connectivity index (χ2v) is 5.81. The number of nitrogens with one attached hydrogen (secondary N) is 2. The summed E-state index contributed by atoms with van der Waals surface area (Å²) in [5, 5.41) is 14.7. The van der Waals surface area contributed by atoms with Gasteiger partial charge in [0.1, 0.15) is 0 Å². The fourth-order valence-electron chi connectivity index (χ4n) is 2.59. The molecule has 0 unspecified atom stereocenters. The van der Waals surface area contributed by atoms with Crippen molar-refractivity contribution in [3.05, 3.63) is 28.8 Å². The van der Waals surface area contributed by atoms with E-state index < -0.39 is 5.97 Å². The number of aromatic carboxylic acids is 1. The molecule has 0 aromatic heterocycles. The van der Waals surface area contributed by atoms with Crippen molar-refractivity contribution < 1.29 is 14.7 Å². The number of anilines is 1. The minimum atomic E-state index is -1.08. The highest BCUT2D eigenvalue weighted by Gasteiger charge is 2.14. The molecule has 1 aromatic carbocycles. The summed E-state index contributed by atoms with van der Waals surface area (Å²) in [7, 11) is 0. The molecule has 0 bridgehead atoms. The number of carbonyl (C=O) groups excluding carboxylic acids is 1. The van der Waals surface area contributed by atoms with E-state index >= 15 is 0 Å². The van der Waals surface area contributed by atoms with Gasteiger partial charge in [0.2, 0.25) is 0 Å². The number of carboxylic acids is 1. The standard InChI is InChI=1S/C15H19ClN2O3/c16-12-6-11(14(19)20)7-13(8-12)18-15(21)17-9-10-4-2-1-3-5-10/h6-8,10H,1-5,9H2,(H,19,20)(H2,17,18,21). The molecule has 0 saturated heterocycles. The smallest absolute Gasteiger partial charge is 0.335 e. The van der Waals surface area contributed by atoms with Crippen LogP contribution >= 0.6 is 11.6 Å². The second kappa shape index (κ2) is 7.31. The quantitative estimate of drug-likeness (QED) is 0.792. The molecule has 0 aliphatic heterocycles. The summed E-state index contributed by atoms with van der Waals surface area (Å²) >= 11 is 5.84. The van der Waals surface area contributed by atoms with E-state index in [0.717, 1.165) is 12.8 Å². The lowest BCUT2D eigenvalue weighted by Crippen LogP contribution is -2.33. The Morgan fingerprint density at radius 2 is 1.90 bits per heavy atom. The molecule has 1 saturated carbocycles. The van der Waals surface area contributed by atoms with Gasteiger partial charge in [0, 0.05) is 17.3 Å². The predicted octanol–water partition coefficient (Wildman–Crippen LogP) is 3.74. The molecule has 1 fully saturated rings. The van der Waals surface area contributed by atoms with Crippen LogP contribution in [0.1, 0.15) is 42.5 Å². The van der Waals surface area contributed by atoms with Gasteiger partial charge in [-0.05, 0) is 37.0 Å². The van der Waals surface area contributed by atoms with Crippen LogP contribution in [0, 0.1) is 5.92 Å². The zero-order chi connectivity index (χ0) is 15.2. The number of carbonyl (C=O) groups is 2. The Kier molecular flexibility index (Phi) is 5.44. The highest BCUT2D eigenvalue weighted by molar-refractivity contribution is 6.31. The fourth-order valence-corrected chi connectivity index (χ4v) is 2.82. The summed E-state index contributed by atoms with van der Waals surface area (Å²) in [6.45, 7) is 0.651. The number of hydrogen-bond acceptors (Lipinski definition) is 2. The number of halogens is 1. The van der Waals surface area contributed by atoms with Crippen LogP contribution in [0.2, 0.25) is 5.02 Å². The van der Waals surface area contributed by atoms with E-state index in [0.29, 0.717) is 18.2 Å². The number of carboxylic acid groups (broad SMARTS) is 1. The average molecular weight is 311 g/mol. The van der Waals surface area contributed by atoms with Crippen LogP contribution < -0.4 is 10.6 Å². The van der Waals surface area contributed by atoms with Crippen LogP contribution in [0.4, 0.5) is 10.5 Å². The van der Waals surface area contributed by atoms with Crippen LogP contribution in [0.25, 0.3) is 0 Å². The van der Waals surface area contributed by atoms with Gasteiger partial charge in [-0.1, -0.05) is 30.9 Å². The molecular formula is C15H19ClN2O3. The first-order valence-electron chi connectivity index (χ1n) is 7.13. The highest BCUT2D eigenvalue weighted by atomic mass is 35.5. The van der Waals surface area contributed by atoms with Crippen molar-refractivity contribution in [1.82, 2.24) is 5.32 Å². The number of amides is 2. The molecule has 0 heterocycles. The number of hydrogen-bond donors (Lipinski definition) is 3. The lowest BCUT2D eigenvalue weighted by atomic mass is 9.89. The molecule has 5 nitrogen and oxygen atoms in total. The third-order valence-corrected chi connectivity index (χ3v) is 3.90. The van der Waals surface area contributed by atoms with Gasteiger partial charge in [0.15, 0.2) is 0 Å². The minimum Gasteiger partial charge on any atom is -0.478 e. The summed E-state index contributed by atoms with van der Waals surface area (Å²) < 4.78 is 0. The first kappa shape index (κ1) is 15.6. The van der Waals surface area contributed by atoms with Crippen molar-refractivity contribution in [2.45, 2.75) is 32.1 Å². The average Bonchev–Trinajstić information content (AvgIpc) is 2.45. The summed E-state index contributed by atoms with van der Waals surface area (Å²) in [5.41, 5.74) is 0.422. The third kappa shape index (κ3) is 4.93. The van der Waals surface area contributed by atoms with Gasteiger partial charge in [-0.25, -0.2) is 9.59 Å². The zero-order valence-corrected chi connectivity index (χ0v) is 12.4. The van der Waals surface area contributed by atoms with Crippen molar-refractivity contribution in [1.29, 1.82) is 0 Å². The van der Waals surface area contributed by atoms with E-state index in [1.807, 2.05) is 0 Å². The highest BCUT2D eigenvalue weighted by Crippen LogP contribution is 2.23. The maximum atomic E-state index is 11.8. The van der Waals surface area contributed by atoms with E-state index in [1.54, 1.807) is 0 Å². The van der Waals surface area contributed by atoms with E-state index in [1.165, 1.54) is 37.5 Å². The molecule has 0 radical (unpaired) electrons. The van der Waals surface area contributed by atoms with Crippen LogP contribution in [-0.2, 0) is 0 Å². The molecular weight excluding hydrogens is 292 g/mol. The number of benzene rings is 1. The minimum absolute atomic E-state index is 0.0464. The van der Waals surface area contributed by atoms with Crippen molar-refractivity contribution in [3.63, 3.8) is 0 Å². The Balaban J connectivity index is 1.88. The van der Waals surface area contributed by atoms with Gasteiger partial charge < -0.3 is 15.7 Å². The maximum Gasteiger partial charge on any atom is 0.335 e. The Morgan fingerprint density at radius 1 is 1.19 bits per heavy atom. The number of urea groups is 1. The Hall–Kier alpha value is -1.75. The Morgan fingerprint density at radius 3 is 2.57 bits per heavy atom. The molecule has 2 amide bonds. The summed E-state index contributed by atoms with van der Waals surface area (Å²) in [6, 6.07) is 3.91. The number of rotatable bonds is 4. The van der Waals surface area contributed by atoms with Gasteiger partial charge in [-0.3, -0.25) is 0 Å². The van der Waals surface area contributed by atoms with Gasteiger partial charge in [0.05, 0.1) is 5.56 Å². The van der Waals surface area contributed by atoms with Gasteiger partial charge in [0.25, 0.3) is 0 Å². The van der Waals surface area contributed by atoms with Crippen molar-refractivity contribution in [3.8, 4) is 0 Å². The Labute approximate surface area is 128 Å². The summed E-state index contributed by atoms with van der Waals surface area (Å²) in [4.78, 5) is 22.8. The fraction of sp³-hybridized carbons (Fsp3) is 0.467. The third-order valence-electron chi connectivity index (χ3n) is 3.68. The Bertz CT molecular complexity index is 528. The molecule has 1 aliphatic carbocycles. The lowest BCUT2D eigenvalue weighted by molar-refractivity contribution is 0.0697. The van der Waals surface area contributed by atoms with Crippen LogP contribution in [0.3, 0.4) is 0 Å². The molecule has 21 heavy (non-hydrogen) atoms. The van der Waals surface area contributed by atoms with Crippen molar-refractivity contribution >= 4 is 29.3 Å². The molecule has 3 N–H and O–H groups in total. The van der Waals surface area contributed by atoms with E-state index in [4.69, 9.17) is 16.7 Å². The van der Waals surface area contributed by atoms with E-state index in [-0.39, 0.29) is 16.6 Å². The van der Waals surface area contributed by atoms with Crippen LogP contribution in [-0.4, -0.2) is 23.7 Å². The van der Waals surface area contributed by atoms with Gasteiger partial charge in [-0.2, -0.15) is 0 Å². The van der Waals surface area contributed by atoms with Crippen LogP contribution in [0.15, 0.2) is 18.2 Å². The summed E-state index contributed by atoms with van der Waals surface area (Å²) in [5.74, 6) is -0.540. The predicted molar refractivity (Wildman–Crippen MR) is 82.0 cm³/mol. The molecule has 1 aliphatic rings. The lowest BCUT2D eigenvalue weighted by Gasteiger charge is -2.21. The second-order valence-electron chi connectivity index (χ2n) is 5.37. The SMILES string of the molecule is O=C(NCC1CCCCC1)Nc1cc(Cl)cc(C(=O)O)c1. The molecule has 1 aromatic rings. The van der Waals surface area contributed by atoms with Gasteiger partial charge >= 0.3 is 12.0 Å². The zero-order valence-electron chi connectivity index (χ0n) is 11.7. The van der Waals surface area contributed by atoms with Crippen LogP contribution in [0.5, 0.6) is 0 Å². The molecule has 2 rings (SSSR count). The van der Waals surface area contributed by atoms with E-state index in [2.05, 4.69) is 10.6 Å². The normalized spacial score (nSPS) is 15.5. The monoisotopic (exact) mass is 310 g/mol. The van der Waals surface area contributed by atoms with E-state index in [9.17, 15) is 9.59 Å². The topological polar surface area (TPSA) is 78.4 Å². The first-order valence-corrected chi connectivity index (χ1v) is 7.51. The van der Waals surface area contributed by atoms with Crippen molar-refractivity contribution in [2.24, 2.45) is 5.92 Å². The molecule has 114 valence electrons. The molecule has 0 atom stereocenters. The van der Waals surface area contributed by atoms with Gasteiger partial charge in [-0.15, -0.1) is 0 Å². The molecule has 0 spiro atoms. The largest absolute Gasteiger partial charge is 0.478 e. The maximum absolute atomic E-state index is 11.8. The molecule has 6 heteroatoms. The first-order chi connectivity index (χ1) is 10.0. The summed E-state index contributed by atoms with van der Waals surface area (Å²) in [6.07, 6.45) is 6.04.